The second-order valence-electron chi connectivity index (χ2n) is 7.65. The minimum atomic E-state index is -4.76. The predicted molar refractivity (Wildman–Crippen MR) is 116 cm³/mol. The van der Waals surface area contributed by atoms with Crippen LogP contribution in [0.3, 0.4) is 0 Å². The van der Waals surface area contributed by atoms with Gasteiger partial charge in [-0.05, 0) is 73.4 Å². The molecular formula is C25H21F6N. The molecule has 0 radical (unpaired) electrons. The molecular weight excluding hydrogens is 428 g/mol. The molecule has 32 heavy (non-hydrogen) atoms. The zero-order valence-electron chi connectivity index (χ0n) is 17.6. The molecule has 3 aromatic carbocycles. The fourth-order valence-electron chi connectivity index (χ4n) is 3.52. The van der Waals surface area contributed by atoms with Gasteiger partial charge >= 0.3 is 12.4 Å². The molecule has 0 bridgehead atoms. The molecule has 3 rings (SSSR count). The number of halogens is 6. The van der Waals surface area contributed by atoms with Crippen LogP contribution in [-0.2, 0) is 12.4 Å². The first-order chi connectivity index (χ1) is 14.8. The van der Waals surface area contributed by atoms with Crippen LogP contribution in [0.5, 0.6) is 0 Å². The molecule has 0 atom stereocenters. The van der Waals surface area contributed by atoms with E-state index < -0.39 is 29.0 Å². The Bertz CT molecular complexity index is 1120. The first kappa shape index (κ1) is 23.4. The number of hydrogen-bond donors (Lipinski definition) is 1. The van der Waals surface area contributed by atoms with Crippen molar-refractivity contribution in [1.29, 1.82) is 0 Å². The SMILES string of the molecule is Cc1cc(C)c(Nc2ccc(/C=C/c3cc(C(F)(F)F)ccc3C(F)(F)F)cc2)c(C)c1. The van der Waals surface area contributed by atoms with Crippen molar-refractivity contribution in [3.63, 3.8) is 0 Å². The Hall–Kier alpha value is -3.22. The van der Waals surface area contributed by atoms with E-state index >= 15 is 0 Å². The highest BCUT2D eigenvalue weighted by Crippen LogP contribution is 2.37. The van der Waals surface area contributed by atoms with E-state index in [-0.39, 0.29) is 0 Å². The fraction of sp³-hybridized carbons (Fsp3) is 0.200. The summed E-state index contributed by atoms with van der Waals surface area (Å²) in [4.78, 5) is 0. The number of nitrogens with one attached hydrogen (secondary N) is 1. The predicted octanol–water partition coefficient (Wildman–Crippen LogP) is 8.56. The summed E-state index contributed by atoms with van der Waals surface area (Å²) in [5.41, 5.74) is 2.83. The molecule has 0 aliphatic rings. The van der Waals surface area contributed by atoms with Crippen LogP contribution in [0.4, 0.5) is 37.7 Å². The van der Waals surface area contributed by atoms with Crippen LogP contribution in [0.25, 0.3) is 12.2 Å². The zero-order valence-corrected chi connectivity index (χ0v) is 17.6. The number of anilines is 2. The van der Waals surface area contributed by atoms with Crippen molar-refractivity contribution in [3.05, 3.63) is 93.5 Å². The lowest BCUT2D eigenvalue weighted by molar-refractivity contribution is -0.141. The minimum absolute atomic E-state index is 0.440. The van der Waals surface area contributed by atoms with Gasteiger partial charge in [0.15, 0.2) is 0 Å². The largest absolute Gasteiger partial charge is 0.416 e. The Morgan fingerprint density at radius 2 is 1.28 bits per heavy atom. The second kappa shape index (κ2) is 8.73. The van der Waals surface area contributed by atoms with E-state index in [1.165, 1.54) is 6.08 Å². The molecule has 3 aromatic rings. The van der Waals surface area contributed by atoms with Gasteiger partial charge in [-0.3, -0.25) is 0 Å². The number of rotatable bonds is 4. The highest BCUT2D eigenvalue weighted by molar-refractivity contribution is 5.74. The Balaban J connectivity index is 1.86. The van der Waals surface area contributed by atoms with Gasteiger partial charge in [0, 0.05) is 11.4 Å². The van der Waals surface area contributed by atoms with E-state index in [0.29, 0.717) is 23.8 Å². The van der Waals surface area contributed by atoms with Gasteiger partial charge in [-0.15, -0.1) is 0 Å². The van der Waals surface area contributed by atoms with E-state index in [2.05, 4.69) is 17.4 Å². The normalized spacial score (nSPS) is 12.4. The molecule has 1 N–H and O–H groups in total. The second-order valence-corrected chi connectivity index (χ2v) is 7.65. The third-order valence-electron chi connectivity index (χ3n) is 5.00. The average Bonchev–Trinajstić information content (AvgIpc) is 2.68. The maximum atomic E-state index is 13.2. The number of benzene rings is 3. The van der Waals surface area contributed by atoms with Gasteiger partial charge in [-0.2, -0.15) is 26.3 Å². The quantitative estimate of drug-likeness (QED) is 0.311. The van der Waals surface area contributed by atoms with E-state index in [1.807, 2.05) is 20.8 Å². The van der Waals surface area contributed by atoms with Crippen LogP contribution in [0.2, 0.25) is 0 Å². The Labute approximate surface area is 182 Å². The van der Waals surface area contributed by atoms with Crippen molar-refractivity contribution in [1.82, 2.24) is 0 Å². The van der Waals surface area contributed by atoms with E-state index in [0.717, 1.165) is 34.1 Å². The summed E-state index contributed by atoms with van der Waals surface area (Å²) in [5, 5.41) is 3.32. The lowest BCUT2D eigenvalue weighted by Gasteiger charge is -2.14. The van der Waals surface area contributed by atoms with Gasteiger partial charge in [-0.25, -0.2) is 0 Å². The standard InChI is InChI=1S/C25H21F6N/c1-15-12-16(2)23(17(3)13-15)32-21-9-5-18(6-10-21)4-7-19-14-20(24(26,27)28)8-11-22(19)25(29,30)31/h4-14,32H,1-3H3/b7-4+. The first-order valence-electron chi connectivity index (χ1n) is 9.76. The van der Waals surface area contributed by atoms with Gasteiger partial charge in [0.1, 0.15) is 0 Å². The van der Waals surface area contributed by atoms with Gasteiger partial charge in [0.2, 0.25) is 0 Å². The van der Waals surface area contributed by atoms with Crippen molar-refractivity contribution in [3.8, 4) is 0 Å². The van der Waals surface area contributed by atoms with E-state index in [1.54, 1.807) is 24.3 Å². The molecule has 0 aliphatic carbocycles. The number of aryl methyl sites for hydroxylation is 3. The molecule has 0 unspecified atom stereocenters. The summed E-state index contributed by atoms with van der Waals surface area (Å²) < 4.78 is 78.5. The number of alkyl halides is 6. The Morgan fingerprint density at radius 3 is 1.81 bits per heavy atom. The third-order valence-corrected chi connectivity index (χ3v) is 5.00. The molecule has 0 saturated heterocycles. The molecule has 0 saturated carbocycles. The lowest BCUT2D eigenvalue weighted by Crippen LogP contribution is -2.11. The summed E-state index contributed by atoms with van der Waals surface area (Å²) in [6.07, 6.45) is -7.08. The molecule has 7 heteroatoms. The van der Waals surface area contributed by atoms with Crippen LogP contribution in [-0.4, -0.2) is 0 Å². The average molecular weight is 449 g/mol. The molecule has 0 heterocycles. The molecule has 0 amide bonds. The van der Waals surface area contributed by atoms with E-state index in [4.69, 9.17) is 0 Å². The lowest BCUT2D eigenvalue weighted by atomic mass is 10.0. The minimum Gasteiger partial charge on any atom is -0.355 e. The van der Waals surface area contributed by atoms with Gasteiger partial charge < -0.3 is 5.32 Å². The Kier molecular flexibility index (Phi) is 6.39. The van der Waals surface area contributed by atoms with Crippen molar-refractivity contribution < 1.29 is 26.3 Å². The monoisotopic (exact) mass is 449 g/mol. The van der Waals surface area contributed by atoms with Crippen molar-refractivity contribution in [2.45, 2.75) is 33.1 Å². The highest BCUT2D eigenvalue weighted by Gasteiger charge is 2.36. The smallest absolute Gasteiger partial charge is 0.355 e. The van der Waals surface area contributed by atoms with Crippen LogP contribution in [0.15, 0.2) is 54.6 Å². The topological polar surface area (TPSA) is 12.0 Å². The maximum Gasteiger partial charge on any atom is 0.416 e. The first-order valence-corrected chi connectivity index (χ1v) is 9.76. The summed E-state index contributed by atoms with van der Waals surface area (Å²) in [6, 6.07) is 12.4. The molecule has 0 spiro atoms. The van der Waals surface area contributed by atoms with Crippen molar-refractivity contribution in [2.75, 3.05) is 5.32 Å². The van der Waals surface area contributed by atoms with Gasteiger partial charge in [0.05, 0.1) is 11.1 Å². The highest BCUT2D eigenvalue weighted by atomic mass is 19.4. The van der Waals surface area contributed by atoms with Gasteiger partial charge in [0.25, 0.3) is 0 Å². The summed E-state index contributed by atoms with van der Waals surface area (Å²) in [7, 11) is 0. The van der Waals surface area contributed by atoms with Crippen LogP contribution < -0.4 is 5.32 Å². The van der Waals surface area contributed by atoms with E-state index in [9.17, 15) is 26.3 Å². The summed E-state index contributed by atoms with van der Waals surface area (Å²) in [5.74, 6) is 0. The third kappa shape index (κ3) is 5.52. The maximum absolute atomic E-state index is 13.2. The van der Waals surface area contributed by atoms with Crippen LogP contribution in [0.1, 0.15) is 38.9 Å². The van der Waals surface area contributed by atoms with Crippen LogP contribution in [0, 0.1) is 20.8 Å². The van der Waals surface area contributed by atoms with Crippen molar-refractivity contribution >= 4 is 23.5 Å². The summed E-state index contributed by atoms with van der Waals surface area (Å²) >= 11 is 0. The zero-order chi connectivity index (χ0) is 23.7. The molecule has 1 nitrogen and oxygen atoms in total. The Morgan fingerprint density at radius 1 is 0.688 bits per heavy atom. The molecule has 0 fully saturated rings. The molecule has 0 aromatic heterocycles. The summed E-state index contributed by atoms with van der Waals surface area (Å²) in [6.45, 7) is 6.00. The molecule has 0 aliphatic heterocycles. The fourth-order valence-corrected chi connectivity index (χ4v) is 3.52. The van der Waals surface area contributed by atoms with Crippen LogP contribution >= 0.6 is 0 Å². The van der Waals surface area contributed by atoms with Gasteiger partial charge in [-0.1, -0.05) is 42.0 Å². The molecule has 168 valence electrons. The number of hydrogen-bond acceptors (Lipinski definition) is 1. The van der Waals surface area contributed by atoms with Crippen molar-refractivity contribution in [2.24, 2.45) is 0 Å².